The molecule has 62 valence electrons. The zero-order valence-corrected chi connectivity index (χ0v) is 6.69. The molecule has 1 rings (SSSR count). The van der Waals surface area contributed by atoms with E-state index in [-0.39, 0.29) is 5.71 Å². The van der Waals surface area contributed by atoms with Crippen LogP contribution in [0, 0.1) is 6.92 Å². The lowest BCUT2D eigenvalue weighted by molar-refractivity contribution is -0.102. The molecule has 0 radical (unpaired) electrons. The van der Waals surface area contributed by atoms with Crippen LogP contribution in [-0.4, -0.2) is 17.2 Å². The molecular weight excluding hydrogens is 154 g/mol. The maximum atomic E-state index is 10.3. The van der Waals surface area contributed by atoms with Gasteiger partial charge in [-0.3, -0.25) is 4.79 Å². The Bertz CT molecular complexity index is 301. The molecule has 0 aromatic heterocycles. The van der Waals surface area contributed by atoms with Gasteiger partial charge in [-0.2, -0.15) is 0 Å². The molecule has 0 aliphatic heterocycles. The van der Waals surface area contributed by atoms with Gasteiger partial charge in [-0.15, -0.1) is 0 Å². The summed E-state index contributed by atoms with van der Waals surface area (Å²) in [4.78, 5) is 10.3. The van der Waals surface area contributed by atoms with Gasteiger partial charge >= 0.3 is 0 Å². The van der Waals surface area contributed by atoms with E-state index in [4.69, 9.17) is 5.21 Å². The molecule has 0 heterocycles. The highest BCUT2D eigenvalue weighted by Gasteiger charge is 2.00. The van der Waals surface area contributed by atoms with Crippen LogP contribution >= 0.6 is 0 Å². The summed E-state index contributed by atoms with van der Waals surface area (Å²) >= 11 is 0. The molecule has 0 bridgehead atoms. The minimum atomic E-state index is 0.0509. The van der Waals surface area contributed by atoms with Gasteiger partial charge in [0.25, 0.3) is 0 Å². The molecule has 0 aliphatic carbocycles. The monoisotopic (exact) mass is 163 g/mol. The zero-order valence-electron chi connectivity index (χ0n) is 6.69. The first-order valence-electron chi connectivity index (χ1n) is 3.52. The molecule has 3 nitrogen and oxygen atoms in total. The van der Waals surface area contributed by atoms with Crippen molar-refractivity contribution in [3.05, 3.63) is 35.4 Å². The van der Waals surface area contributed by atoms with E-state index >= 15 is 0 Å². The fourth-order valence-electron chi connectivity index (χ4n) is 0.874. The quantitative estimate of drug-likeness (QED) is 0.310. The van der Waals surface area contributed by atoms with Crippen molar-refractivity contribution < 1.29 is 10.0 Å². The third kappa shape index (κ3) is 1.69. The van der Waals surface area contributed by atoms with E-state index in [1.807, 2.05) is 19.1 Å². The SMILES string of the molecule is Cc1ccc(/C(C=O)=N/O)cc1. The minimum Gasteiger partial charge on any atom is -0.410 e. The maximum Gasteiger partial charge on any atom is 0.172 e. The Balaban J connectivity index is 3.04. The van der Waals surface area contributed by atoms with Crippen LogP contribution in [-0.2, 0) is 4.79 Å². The predicted octanol–water partition coefficient (Wildman–Crippen LogP) is 1.37. The Hall–Kier alpha value is -1.64. The highest BCUT2D eigenvalue weighted by atomic mass is 16.4. The average molecular weight is 163 g/mol. The normalized spacial score (nSPS) is 11.2. The second-order valence-corrected chi connectivity index (χ2v) is 2.47. The molecule has 0 atom stereocenters. The second-order valence-electron chi connectivity index (χ2n) is 2.47. The number of aryl methyl sites for hydroxylation is 1. The van der Waals surface area contributed by atoms with Gasteiger partial charge in [-0.05, 0) is 6.92 Å². The number of carbonyl (C=O) groups excluding carboxylic acids is 1. The molecule has 1 N–H and O–H groups in total. The zero-order chi connectivity index (χ0) is 8.97. The Morgan fingerprint density at radius 2 is 2.00 bits per heavy atom. The molecule has 0 amide bonds. The number of hydrogen-bond acceptors (Lipinski definition) is 3. The van der Waals surface area contributed by atoms with E-state index < -0.39 is 0 Å². The average Bonchev–Trinajstić information content (AvgIpc) is 2.10. The van der Waals surface area contributed by atoms with Crippen molar-refractivity contribution in [2.45, 2.75) is 6.92 Å². The summed E-state index contributed by atoms with van der Waals surface area (Å²) < 4.78 is 0. The number of aldehydes is 1. The Morgan fingerprint density at radius 1 is 1.42 bits per heavy atom. The van der Waals surface area contributed by atoms with Crippen LogP contribution in [0.25, 0.3) is 0 Å². The maximum absolute atomic E-state index is 10.3. The molecule has 0 aliphatic rings. The third-order valence-electron chi connectivity index (χ3n) is 1.57. The summed E-state index contributed by atoms with van der Waals surface area (Å²) in [5.41, 5.74) is 1.77. The van der Waals surface area contributed by atoms with Gasteiger partial charge < -0.3 is 5.21 Å². The van der Waals surface area contributed by atoms with Crippen LogP contribution in [0.5, 0.6) is 0 Å². The number of benzene rings is 1. The summed E-state index contributed by atoms with van der Waals surface area (Å²) in [6, 6.07) is 7.17. The van der Waals surface area contributed by atoms with E-state index in [1.165, 1.54) is 0 Å². The predicted molar refractivity (Wildman–Crippen MR) is 45.6 cm³/mol. The van der Waals surface area contributed by atoms with E-state index in [0.29, 0.717) is 11.8 Å². The molecule has 0 spiro atoms. The van der Waals surface area contributed by atoms with Crippen molar-refractivity contribution in [3.63, 3.8) is 0 Å². The topological polar surface area (TPSA) is 49.7 Å². The fourth-order valence-corrected chi connectivity index (χ4v) is 0.874. The van der Waals surface area contributed by atoms with Crippen LogP contribution in [0.1, 0.15) is 11.1 Å². The van der Waals surface area contributed by atoms with Gasteiger partial charge in [0, 0.05) is 5.56 Å². The molecule has 12 heavy (non-hydrogen) atoms. The molecule has 0 fully saturated rings. The van der Waals surface area contributed by atoms with Crippen molar-refractivity contribution in [2.75, 3.05) is 0 Å². The molecule has 1 aromatic rings. The lowest BCUT2D eigenvalue weighted by Crippen LogP contribution is -2.01. The summed E-state index contributed by atoms with van der Waals surface area (Å²) in [6.07, 6.45) is 0.519. The first-order chi connectivity index (χ1) is 5.77. The van der Waals surface area contributed by atoms with Gasteiger partial charge in [0.05, 0.1) is 0 Å². The van der Waals surface area contributed by atoms with Crippen LogP contribution in [0.4, 0.5) is 0 Å². The van der Waals surface area contributed by atoms with Crippen LogP contribution in [0.3, 0.4) is 0 Å². The number of hydrogen-bond donors (Lipinski definition) is 1. The standard InChI is InChI=1S/C9H9NO2/c1-7-2-4-8(5-3-7)9(6-11)10-12/h2-6,12H,1H3/b10-9+. The smallest absolute Gasteiger partial charge is 0.172 e. The lowest BCUT2D eigenvalue weighted by atomic mass is 10.1. The van der Waals surface area contributed by atoms with Crippen molar-refractivity contribution >= 4 is 12.0 Å². The molecule has 3 heteroatoms. The number of nitrogens with zero attached hydrogens (tertiary/aromatic N) is 1. The highest BCUT2D eigenvalue weighted by molar-refractivity contribution is 6.36. The summed E-state index contributed by atoms with van der Waals surface area (Å²) in [5, 5.41) is 11.3. The Labute approximate surface area is 70.3 Å². The second kappa shape index (κ2) is 3.67. The fraction of sp³-hybridized carbons (Fsp3) is 0.111. The van der Waals surface area contributed by atoms with E-state index in [2.05, 4.69) is 5.16 Å². The van der Waals surface area contributed by atoms with Gasteiger partial charge in [-0.1, -0.05) is 35.0 Å². The van der Waals surface area contributed by atoms with Gasteiger partial charge in [0.2, 0.25) is 0 Å². The summed E-state index contributed by atoms with van der Waals surface area (Å²) in [7, 11) is 0. The number of carbonyl (C=O) groups is 1. The molecule has 1 aromatic carbocycles. The minimum absolute atomic E-state index is 0.0509. The summed E-state index contributed by atoms with van der Waals surface area (Å²) in [6.45, 7) is 1.94. The van der Waals surface area contributed by atoms with Crippen molar-refractivity contribution in [1.29, 1.82) is 0 Å². The molecule has 0 unspecified atom stereocenters. The van der Waals surface area contributed by atoms with E-state index in [9.17, 15) is 4.79 Å². The van der Waals surface area contributed by atoms with Gasteiger partial charge in [0.15, 0.2) is 6.29 Å². The number of oxime groups is 1. The van der Waals surface area contributed by atoms with Crippen molar-refractivity contribution in [1.82, 2.24) is 0 Å². The lowest BCUT2D eigenvalue weighted by Gasteiger charge is -1.96. The first-order valence-corrected chi connectivity index (χ1v) is 3.52. The van der Waals surface area contributed by atoms with Crippen molar-refractivity contribution in [2.24, 2.45) is 5.16 Å². The van der Waals surface area contributed by atoms with Crippen LogP contribution in [0.15, 0.2) is 29.4 Å². The Kier molecular flexibility index (Phi) is 2.58. The summed E-state index contributed by atoms with van der Waals surface area (Å²) in [5.74, 6) is 0. The van der Waals surface area contributed by atoms with Crippen LogP contribution < -0.4 is 0 Å². The highest BCUT2D eigenvalue weighted by Crippen LogP contribution is 2.03. The van der Waals surface area contributed by atoms with Gasteiger partial charge in [0.1, 0.15) is 5.71 Å². The molecular formula is C9H9NO2. The Morgan fingerprint density at radius 3 is 2.42 bits per heavy atom. The third-order valence-corrected chi connectivity index (χ3v) is 1.57. The largest absolute Gasteiger partial charge is 0.410 e. The molecule has 0 saturated carbocycles. The molecule has 0 saturated heterocycles. The van der Waals surface area contributed by atoms with Gasteiger partial charge in [-0.25, -0.2) is 0 Å². The van der Waals surface area contributed by atoms with Crippen molar-refractivity contribution in [3.8, 4) is 0 Å². The first kappa shape index (κ1) is 8.46. The van der Waals surface area contributed by atoms with E-state index in [1.54, 1.807) is 12.1 Å². The van der Waals surface area contributed by atoms with E-state index in [0.717, 1.165) is 5.56 Å². The number of rotatable bonds is 2. The van der Waals surface area contributed by atoms with Crippen LogP contribution in [0.2, 0.25) is 0 Å².